The first-order valence-corrected chi connectivity index (χ1v) is 16.4. The Labute approximate surface area is 277 Å². The predicted molar refractivity (Wildman–Crippen MR) is 204 cm³/mol. The molecule has 0 amide bonds. The van der Waals surface area contributed by atoms with Crippen LogP contribution in [0.25, 0.3) is 76.2 Å². The smallest absolute Gasteiger partial charge is 0.136 e. The molecule has 0 saturated carbocycles. The highest BCUT2D eigenvalue weighted by Gasteiger charge is 2.16. The van der Waals surface area contributed by atoms with E-state index in [1.165, 1.54) is 54.2 Å². The molecule has 10 rings (SSSR count). The van der Waals surface area contributed by atoms with Crippen molar-refractivity contribution in [3.05, 3.63) is 176 Å². The van der Waals surface area contributed by atoms with E-state index in [4.69, 9.17) is 4.42 Å². The van der Waals surface area contributed by atoms with Gasteiger partial charge in [-0.15, -0.1) is 0 Å². The second kappa shape index (κ2) is 10.6. The molecule has 9 aromatic carbocycles. The summed E-state index contributed by atoms with van der Waals surface area (Å²) in [7, 11) is 0. The largest absolute Gasteiger partial charge is 0.456 e. The average molecular weight is 612 g/mol. The van der Waals surface area contributed by atoms with E-state index in [1.807, 2.05) is 12.1 Å². The minimum absolute atomic E-state index is 0.919. The van der Waals surface area contributed by atoms with Gasteiger partial charge in [-0.1, -0.05) is 121 Å². The fourth-order valence-electron chi connectivity index (χ4n) is 7.42. The summed E-state index contributed by atoms with van der Waals surface area (Å²) in [5.74, 6) is 0. The van der Waals surface area contributed by atoms with Crippen molar-refractivity contribution in [1.29, 1.82) is 0 Å². The molecular weight excluding hydrogens is 583 g/mol. The summed E-state index contributed by atoms with van der Waals surface area (Å²) in [5, 5.41) is 12.1. The monoisotopic (exact) mass is 611 g/mol. The van der Waals surface area contributed by atoms with Gasteiger partial charge in [0.2, 0.25) is 0 Å². The van der Waals surface area contributed by atoms with Crippen LogP contribution in [0, 0.1) is 0 Å². The van der Waals surface area contributed by atoms with Crippen molar-refractivity contribution in [2.75, 3.05) is 4.90 Å². The van der Waals surface area contributed by atoms with Crippen molar-refractivity contribution < 1.29 is 4.42 Å². The van der Waals surface area contributed by atoms with Crippen molar-refractivity contribution in [3.8, 4) is 11.1 Å². The van der Waals surface area contributed by atoms with Gasteiger partial charge in [0.15, 0.2) is 0 Å². The van der Waals surface area contributed by atoms with Crippen LogP contribution in [0.15, 0.2) is 180 Å². The summed E-state index contributed by atoms with van der Waals surface area (Å²) in [6.07, 6.45) is 0. The summed E-state index contributed by atoms with van der Waals surface area (Å²) in [4.78, 5) is 2.38. The van der Waals surface area contributed by atoms with Crippen LogP contribution in [-0.4, -0.2) is 0 Å². The van der Waals surface area contributed by atoms with Crippen LogP contribution in [0.4, 0.5) is 17.1 Å². The number of fused-ring (bicyclic) bond motifs is 9. The van der Waals surface area contributed by atoms with Gasteiger partial charge in [0.05, 0.1) is 0 Å². The lowest BCUT2D eigenvalue weighted by atomic mass is 9.98. The zero-order valence-electron chi connectivity index (χ0n) is 26.1. The van der Waals surface area contributed by atoms with Crippen LogP contribution in [0.2, 0.25) is 0 Å². The Hall–Kier alpha value is -6.38. The van der Waals surface area contributed by atoms with Gasteiger partial charge in [0.25, 0.3) is 0 Å². The van der Waals surface area contributed by atoms with Crippen LogP contribution in [0.3, 0.4) is 0 Å². The standard InChI is InChI=1S/C46H29NO/c1-2-8-30(9-3-1)31-18-21-36(22-19-31)47(37-24-25-40-34(26-37)16-14-32-10-4-5-11-39(32)40)38-23-20-33-15-17-35-27-46-44(29-43(35)42(33)28-38)41-12-6-7-13-45(41)48-46/h1-29H. The molecule has 0 radical (unpaired) electrons. The third kappa shape index (κ3) is 4.27. The molecule has 0 unspecified atom stereocenters. The number of rotatable bonds is 4. The lowest BCUT2D eigenvalue weighted by Crippen LogP contribution is -2.10. The zero-order valence-corrected chi connectivity index (χ0v) is 26.1. The fourth-order valence-corrected chi connectivity index (χ4v) is 7.42. The first kappa shape index (κ1) is 26.8. The van der Waals surface area contributed by atoms with Gasteiger partial charge in [-0.05, 0) is 109 Å². The van der Waals surface area contributed by atoms with Crippen molar-refractivity contribution in [2.24, 2.45) is 0 Å². The lowest BCUT2D eigenvalue weighted by Gasteiger charge is -2.27. The molecule has 0 N–H and O–H groups in total. The van der Waals surface area contributed by atoms with Gasteiger partial charge >= 0.3 is 0 Å². The van der Waals surface area contributed by atoms with E-state index in [0.29, 0.717) is 0 Å². The number of para-hydroxylation sites is 1. The molecule has 0 fully saturated rings. The highest BCUT2D eigenvalue weighted by Crippen LogP contribution is 2.41. The lowest BCUT2D eigenvalue weighted by molar-refractivity contribution is 0.669. The molecule has 0 atom stereocenters. The van der Waals surface area contributed by atoms with Gasteiger partial charge in [-0.3, -0.25) is 0 Å². The average Bonchev–Trinajstić information content (AvgIpc) is 3.52. The molecule has 0 bridgehead atoms. The third-order valence-corrected chi connectivity index (χ3v) is 9.80. The number of anilines is 3. The Kier molecular flexibility index (Phi) is 5.91. The molecule has 2 heteroatoms. The van der Waals surface area contributed by atoms with E-state index < -0.39 is 0 Å². The molecule has 224 valence electrons. The minimum Gasteiger partial charge on any atom is -0.456 e. The van der Waals surface area contributed by atoms with Crippen molar-refractivity contribution in [2.45, 2.75) is 0 Å². The highest BCUT2D eigenvalue weighted by molar-refractivity contribution is 6.17. The number of hydrogen-bond donors (Lipinski definition) is 0. The van der Waals surface area contributed by atoms with Crippen molar-refractivity contribution in [3.63, 3.8) is 0 Å². The van der Waals surface area contributed by atoms with E-state index >= 15 is 0 Å². The normalized spacial score (nSPS) is 11.8. The SMILES string of the molecule is c1ccc(-c2ccc(N(c3ccc4c(ccc5ccccc54)c3)c3ccc4ccc5cc6oc7ccccc7c6cc5c4c3)cc2)cc1. The van der Waals surface area contributed by atoms with Crippen LogP contribution < -0.4 is 4.90 Å². The van der Waals surface area contributed by atoms with Crippen LogP contribution in [0.1, 0.15) is 0 Å². The molecular formula is C46H29NO. The summed E-state index contributed by atoms with van der Waals surface area (Å²) in [6.45, 7) is 0. The van der Waals surface area contributed by atoms with E-state index in [-0.39, 0.29) is 0 Å². The number of benzene rings is 9. The molecule has 1 aromatic heterocycles. The van der Waals surface area contributed by atoms with Crippen LogP contribution in [-0.2, 0) is 0 Å². The summed E-state index contributed by atoms with van der Waals surface area (Å²) in [6, 6.07) is 63.5. The first-order chi connectivity index (χ1) is 23.8. The third-order valence-electron chi connectivity index (χ3n) is 9.80. The molecule has 1 heterocycles. The van der Waals surface area contributed by atoms with E-state index in [9.17, 15) is 0 Å². The molecule has 2 nitrogen and oxygen atoms in total. The number of hydrogen-bond acceptors (Lipinski definition) is 2. The topological polar surface area (TPSA) is 16.4 Å². The van der Waals surface area contributed by atoms with E-state index in [0.717, 1.165) is 39.0 Å². The number of nitrogens with zero attached hydrogens (tertiary/aromatic N) is 1. The highest BCUT2D eigenvalue weighted by atomic mass is 16.3. The van der Waals surface area contributed by atoms with Crippen molar-refractivity contribution in [1.82, 2.24) is 0 Å². The van der Waals surface area contributed by atoms with Gasteiger partial charge in [0, 0.05) is 27.8 Å². The van der Waals surface area contributed by atoms with Gasteiger partial charge in [-0.25, -0.2) is 0 Å². The molecule has 0 aliphatic heterocycles. The van der Waals surface area contributed by atoms with E-state index in [1.54, 1.807) is 0 Å². The maximum Gasteiger partial charge on any atom is 0.136 e. The molecule has 0 spiro atoms. The van der Waals surface area contributed by atoms with Crippen LogP contribution >= 0.6 is 0 Å². The zero-order chi connectivity index (χ0) is 31.6. The molecule has 10 aromatic rings. The molecule has 0 aliphatic carbocycles. The van der Waals surface area contributed by atoms with Crippen molar-refractivity contribution >= 4 is 82.1 Å². The Morgan fingerprint density at radius 2 is 0.854 bits per heavy atom. The number of furan rings is 1. The second-order valence-corrected chi connectivity index (χ2v) is 12.6. The predicted octanol–water partition coefficient (Wildman–Crippen LogP) is 13.3. The summed E-state index contributed by atoms with van der Waals surface area (Å²) < 4.78 is 6.25. The summed E-state index contributed by atoms with van der Waals surface area (Å²) >= 11 is 0. The molecule has 48 heavy (non-hydrogen) atoms. The maximum absolute atomic E-state index is 6.25. The second-order valence-electron chi connectivity index (χ2n) is 12.6. The van der Waals surface area contributed by atoms with E-state index in [2.05, 4.69) is 169 Å². The minimum atomic E-state index is 0.919. The Morgan fingerprint density at radius 3 is 1.71 bits per heavy atom. The quantitative estimate of drug-likeness (QED) is 0.184. The Morgan fingerprint density at radius 1 is 0.292 bits per heavy atom. The molecule has 0 aliphatic rings. The fraction of sp³-hybridized carbons (Fsp3) is 0. The van der Waals surface area contributed by atoms with Gasteiger partial charge < -0.3 is 9.32 Å². The molecule has 0 saturated heterocycles. The Bertz CT molecular complexity index is 2830. The van der Waals surface area contributed by atoms with Crippen LogP contribution in [0.5, 0.6) is 0 Å². The van der Waals surface area contributed by atoms with Gasteiger partial charge in [0.1, 0.15) is 11.2 Å². The summed E-state index contributed by atoms with van der Waals surface area (Å²) in [5.41, 5.74) is 7.59. The Balaban J connectivity index is 1.19. The first-order valence-electron chi connectivity index (χ1n) is 16.4. The maximum atomic E-state index is 6.25. The van der Waals surface area contributed by atoms with Gasteiger partial charge in [-0.2, -0.15) is 0 Å².